The van der Waals surface area contributed by atoms with Crippen LogP contribution in [0.25, 0.3) is 10.9 Å². The Morgan fingerprint density at radius 1 is 1.14 bits per heavy atom. The smallest absolute Gasteiger partial charge is 0.215 e. The minimum atomic E-state index is -0.471. The lowest BCUT2D eigenvalue weighted by atomic mass is 10.2. The second kappa shape index (κ2) is 6.20. The number of pyridine rings is 1. The van der Waals surface area contributed by atoms with Crippen LogP contribution in [0, 0.1) is 5.82 Å². The Labute approximate surface area is 132 Å². The molecule has 3 rings (SSSR count). The minimum Gasteiger partial charge on any atom is -0.497 e. The van der Waals surface area contributed by atoms with Crippen molar-refractivity contribution in [2.45, 2.75) is 6.61 Å². The lowest BCUT2D eigenvalue weighted by Gasteiger charge is -2.09. The average molecular weight is 318 g/mol. The molecule has 0 amide bonds. The van der Waals surface area contributed by atoms with Crippen molar-refractivity contribution in [3.8, 4) is 11.6 Å². The van der Waals surface area contributed by atoms with Crippen LogP contribution >= 0.6 is 11.6 Å². The molecular formula is C17H13ClFNO2. The first-order valence-corrected chi connectivity index (χ1v) is 7.05. The van der Waals surface area contributed by atoms with Crippen molar-refractivity contribution in [3.63, 3.8) is 0 Å². The quantitative estimate of drug-likeness (QED) is 0.704. The second-order valence-corrected chi connectivity index (χ2v) is 5.13. The molecule has 22 heavy (non-hydrogen) atoms. The Balaban J connectivity index is 1.94. The number of halogens is 2. The van der Waals surface area contributed by atoms with Crippen LogP contribution in [0.3, 0.4) is 0 Å². The molecule has 0 aliphatic rings. The number of benzene rings is 2. The van der Waals surface area contributed by atoms with E-state index in [1.165, 1.54) is 19.2 Å². The molecule has 0 N–H and O–H groups in total. The average Bonchev–Trinajstić information content (AvgIpc) is 2.53. The molecule has 5 heteroatoms. The van der Waals surface area contributed by atoms with Gasteiger partial charge in [0.05, 0.1) is 23.0 Å². The Hall–Kier alpha value is -2.33. The zero-order valence-electron chi connectivity index (χ0n) is 11.8. The van der Waals surface area contributed by atoms with Gasteiger partial charge in [0.25, 0.3) is 0 Å². The van der Waals surface area contributed by atoms with Crippen molar-refractivity contribution in [1.82, 2.24) is 4.98 Å². The van der Waals surface area contributed by atoms with E-state index in [1.54, 1.807) is 6.07 Å². The van der Waals surface area contributed by atoms with Crippen LogP contribution < -0.4 is 9.47 Å². The SMILES string of the molecule is COc1cc(F)c2c(Cl)cc(OCc3ccccc3)nc2c1. The fraction of sp³-hybridized carbons (Fsp3) is 0.118. The summed E-state index contributed by atoms with van der Waals surface area (Å²) in [5.41, 5.74) is 1.41. The van der Waals surface area contributed by atoms with Crippen LogP contribution in [0.4, 0.5) is 4.39 Å². The van der Waals surface area contributed by atoms with Crippen molar-refractivity contribution >= 4 is 22.5 Å². The summed E-state index contributed by atoms with van der Waals surface area (Å²) in [4.78, 5) is 4.29. The predicted octanol–water partition coefficient (Wildman–Crippen LogP) is 4.61. The zero-order chi connectivity index (χ0) is 15.5. The molecule has 0 aliphatic carbocycles. The largest absolute Gasteiger partial charge is 0.497 e. The van der Waals surface area contributed by atoms with Gasteiger partial charge < -0.3 is 9.47 Å². The topological polar surface area (TPSA) is 31.4 Å². The number of rotatable bonds is 4. The van der Waals surface area contributed by atoms with E-state index >= 15 is 0 Å². The monoisotopic (exact) mass is 317 g/mol. The molecule has 0 spiro atoms. The van der Waals surface area contributed by atoms with Gasteiger partial charge in [0.1, 0.15) is 18.2 Å². The third kappa shape index (κ3) is 2.97. The van der Waals surface area contributed by atoms with Crippen LogP contribution in [0.15, 0.2) is 48.5 Å². The van der Waals surface area contributed by atoms with Crippen molar-refractivity contribution in [3.05, 3.63) is 64.9 Å². The first kappa shape index (κ1) is 14.6. The number of ether oxygens (including phenoxy) is 2. The van der Waals surface area contributed by atoms with Gasteiger partial charge in [-0.15, -0.1) is 0 Å². The molecule has 0 radical (unpaired) electrons. The van der Waals surface area contributed by atoms with Gasteiger partial charge in [-0.2, -0.15) is 0 Å². The van der Waals surface area contributed by atoms with Gasteiger partial charge in [-0.05, 0) is 5.56 Å². The van der Waals surface area contributed by atoms with Crippen LogP contribution in [0.2, 0.25) is 5.02 Å². The van der Waals surface area contributed by atoms with E-state index < -0.39 is 5.82 Å². The number of hydrogen-bond donors (Lipinski definition) is 0. The lowest BCUT2D eigenvalue weighted by Crippen LogP contribution is -1.98. The number of aromatic nitrogens is 1. The third-order valence-electron chi connectivity index (χ3n) is 3.23. The summed E-state index contributed by atoms with van der Waals surface area (Å²) in [6, 6.07) is 14.1. The Morgan fingerprint density at radius 2 is 1.91 bits per heavy atom. The zero-order valence-corrected chi connectivity index (χ0v) is 12.6. The molecule has 3 nitrogen and oxygen atoms in total. The van der Waals surface area contributed by atoms with E-state index in [4.69, 9.17) is 21.1 Å². The fourth-order valence-electron chi connectivity index (χ4n) is 2.15. The van der Waals surface area contributed by atoms with Gasteiger partial charge in [-0.1, -0.05) is 41.9 Å². The fourth-order valence-corrected chi connectivity index (χ4v) is 2.43. The summed E-state index contributed by atoms with van der Waals surface area (Å²) >= 11 is 6.14. The Bertz CT molecular complexity index is 809. The molecule has 0 aliphatic heterocycles. The van der Waals surface area contributed by atoms with Crippen LogP contribution in [-0.2, 0) is 6.61 Å². The standard InChI is InChI=1S/C17H13ClFNO2/c1-21-12-7-14(19)17-13(18)9-16(20-15(17)8-12)22-10-11-5-3-2-4-6-11/h2-9H,10H2,1H3. The number of methoxy groups -OCH3 is 1. The van der Waals surface area contributed by atoms with Gasteiger partial charge in [-0.25, -0.2) is 9.37 Å². The highest BCUT2D eigenvalue weighted by Crippen LogP contribution is 2.31. The Kier molecular flexibility index (Phi) is 4.11. The van der Waals surface area contributed by atoms with E-state index in [0.29, 0.717) is 23.8 Å². The summed E-state index contributed by atoms with van der Waals surface area (Å²) in [6.45, 7) is 0.363. The highest BCUT2D eigenvalue weighted by atomic mass is 35.5. The summed E-state index contributed by atoms with van der Waals surface area (Å²) in [7, 11) is 1.47. The summed E-state index contributed by atoms with van der Waals surface area (Å²) < 4.78 is 24.7. The maximum Gasteiger partial charge on any atom is 0.215 e. The molecule has 0 unspecified atom stereocenters. The molecule has 2 aromatic carbocycles. The van der Waals surface area contributed by atoms with Crippen LogP contribution in [-0.4, -0.2) is 12.1 Å². The Morgan fingerprint density at radius 3 is 2.64 bits per heavy atom. The first-order valence-electron chi connectivity index (χ1n) is 6.68. The molecule has 1 aromatic heterocycles. The van der Waals surface area contributed by atoms with Gasteiger partial charge in [-0.3, -0.25) is 0 Å². The molecule has 112 valence electrons. The number of nitrogens with zero attached hydrogens (tertiary/aromatic N) is 1. The summed E-state index contributed by atoms with van der Waals surface area (Å²) in [5, 5.41) is 0.516. The maximum atomic E-state index is 14.0. The molecule has 0 bridgehead atoms. The second-order valence-electron chi connectivity index (χ2n) is 4.72. The van der Waals surface area contributed by atoms with Crippen molar-refractivity contribution < 1.29 is 13.9 Å². The van der Waals surface area contributed by atoms with Gasteiger partial charge in [0.2, 0.25) is 5.88 Å². The van der Waals surface area contributed by atoms with Crippen molar-refractivity contribution in [2.75, 3.05) is 7.11 Å². The van der Waals surface area contributed by atoms with Crippen LogP contribution in [0.5, 0.6) is 11.6 Å². The molecule has 0 fully saturated rings. The van der Waals surface area contributed by atoms with E-state index in [2.05, 4.69) is 4.98 Å². The predicted molar refractivity (Wildman–Crippen MR) is 84.0 cm³/mol. The van der Waals surface area contributed by atoms with Gasteiger partial charge in [0, 0.05) is 18.2 Å². The lowest BCUT2D eigenvalue weighted by molar-refractivity contribution is 0.295. The van der Waals surface area contributed by atoms with Crippen molar-refractivity contribution in [2.24, 2.45) is 0 Å². The molecule has 0 atom stereocenters. The van der Waals surface area contributed by atoms with E-state index in [9.17, 15) is 4.39 Å². The van der Waals surface area contributed by atoms with Gasteiger partial charge in [0.15, 0.2) is 0 Å². The number of fused-ring (bicyclic) bond motifs is 1. The molecule has 1 heterocycles. The molecule has 0 saturated carbocycles. The first-order chi connectivity index (χ1) is 10.7. The third-order valence-corrected chi connectivity index (χ3v) is 3.53. The molecular weight excluding hydrogens is 305 g/mol. The van der Waals surface area contributed by atoms with E-state index in [-0.39, 0.29) is 10.4 Å². The van der Waals surface area contributed by atoms with E-state index in [0.717, 1.165) is 5.56 Å². The van der Waals surface area contributed by atoms with Crippen molar-refractivity contribution in [1.29, 1.82) is 0 Å². The normalized spacial score (nSPS) is 10.7. The van der Waals surface area contributed by atoms with Gasteiger partial charge >= 0.3 is 0 Å². The summed E-state index contributed by atoms with van der Waals surface area (Å²) in [6.07, 6.45) is 0. The van der Waals surface area contributed by atoms with E-state index in [1.807, 2.05) is 30.3 Å². The molecule has 3 aromatic rings. The minimum absolute atomic E-state index is 0.258. The highest BCUT2D eigenvalue weighted by Gasteiger charge is 2.12. The number of hydrogen-bond acceptors (Lipinski definition) is 3. The molecule has 0 saturated heterocycles. The summed E-state index contributed by atoms with van der Waals surface area (Å²) in [5.74, 6) is 0.254. The highest BCUT2D eigenvalue weighted by molar-refractivity contribution is 6.35. The van der Waals surface area contributed by atoms with Crippen LogP contribution in [0.1, 0.15) is 5.56 Å². The maximum absolute atomic E-state index is 14.0.